The number of aliphatic hydroxyl groups is 1. The van der Waals surface area contributed by atoms with Crippen LogP contribution in [0.4, 0.5) is 5.95 Å². The Morgan fingerprint density at radius 3 is 2.67 bits per heavy atom. The van der Waals surface area contributed by atoms with Crippen molar-refractivity contribution in [3.63, 3.8) is 0 Å². The second-order valence-corrected chi connectivity index (χ2v) is 3.69. The maximum Gasteiger partial charge on any atom is 0.225 e. The lowest BCUT2D eigenvalue weighted by atomic mass is 10.1. The van der Waals surface area contributed by atoms with Gasteiger partial charge < -0.3 is 15.2 Å². The smallest absolute Gasteiger partial charge is 0.225 e. The highest BCUT2D eigenvalue weighted by Gasteiger charge is 2.01. The van der Waals surface area contributed by atoms with Crippen LogP contribution in [0.15, 0.2) is 36.5 Å². The molecule has 5 nitrogen and oxygen atoms in total. The van der Waals surface area contributed by atoms with E-state index in [2.05, 4.69) is 15.3 Å². The molecule has 0 saturated heterocycles. The van der Waals surface area contributed by atoms with E-state index in [4.69, 9.17) is 9.84 Å². The van der Waals surface area contributed by atoms with Gasteiger partial charge >= 0.3 is 0 Å². The van der Waals surface area contributed by atoms with Crippen molar-refractivity contribution in [1.82, 2.24) is 9.97 Å². The van der Waals surface area contributed by atoms with E-state index in [9.17, 15) is 0 Å². The summed E-state index contributed by atoms with van der Waals surface area (Å²) >= 11 is 0. The lowest BCUT2D eigenvalue weighted by Crippen LogP contribution is -1.97. The Balaban J connectivity index is 2.08. The van der Waals surface area contributed by atoms with Gasteiger partial charge in [-0.1, -0.05) is 12.1 Å². The predicted octanol–water partition coefficient (Wildman–Crippen LogP) is 1.85. The van der Waals surface area contributed by atoms with E-state index >= 15 is 0 Å². The molecule has 0 aliphatic carbocycles. The molecule has 1 aromatic heterocycles. The van der Waals surface area contributed by atoms with Gasteiger partial charge in [0.05, 0.1) is 0 Å². The Morgan fingerprint density at radius 2 is 2.00 bits per heavy atom. The van der Waals surface area contributed by atoms with Crippen LogP contribution in [0.2, 0.25) is 0 Å². The zero-order valence-corrected chi connectivity index (χ0v) is 10.1. The molecule has 0 amide bonds. The largest absolute Gasteiger partial charge is 0.439 e. The molecule has 1 heterocycles. The molecular formula is C13H15N3O2. The van der Waals surface area contributed by atoms with Gasteiger partial charge in [-0.3, -0.25) is 0 Å². The Hall–Kier alpha value is -2.14. The Morgan fingerprint density at radius 1 is 1.22 bits per heavy atom. The van der Waals surface area contributed by atoms with Crippen molar-refractivity contribution in [2.75, 3.05) is 19.0 Å². The molecule has 0 bridgehead atoms. The highest BCUT2D eigenvalue weighted by atomic mass is 16.5. The number of hydrogen-bond acceptors (Lipinski definition) is 5. The molecule has 94 valence electrons. The molecule has 0 unspecified atom stereocenters. The first-order valence-corrected chi connectivity index (χ1v) is 5.70. The summed E-state index contributed by atoms with van der Waals surface area (Å²) in [6.07, 6.45) is 2.28. The van der Waals surface area contributed by atoms with Crippen LogP contribution in [-0.4, -0.2) is 28.7 Å². The quantitative estimate of drug-likeness (QED) is 0.841. The summed E-state index contributed by atoms with van der Waals surface area (Å²) in [5, 5.41) is 11.7. The molecule has 18 heavy (non-hydrogen) atoms. The van der Waals surface area contributed by atoms with Gasteiger partial charge in [-0.2, -0.15) is 4.98 Å². The van der Waals surface area contributed by atoms with Crippen molar-refractivity contribution >= 4 is 5.95 Å². The van der Waals surface area contributed by atoms with Gasteiger partial charge in [0.2, 0.25) is 11.8 Å². The first kappa shape index (κ1) is 12.3. The molecule has 2 aromatic rings. The van der Waals surface area contributed by atoms with Crippen molar-refractivity contribution in [1.29, 1.82) is 0 Å². The van der Waals surface area contributed by atoms with Gasteiger partial charge in [0.15, 0.2) is 0 Å². The minimum absolute atomic E-state index is 0.150. The average molecular weight is 245 g/mol. The molecule has 0 spiro atoms. The van der Waals surface area contributed by atoms with Crippen molar-refractivity contribution in [2.45, 2.75) is 6.42 Å². The fourth-order valence-electron chi connectivity index (χ4n) is 1.49. The average Bonchev–Trinajstić information content (AvgIpc) is 2.42. The first-order chi connectivity index (χ1) is 8.81. The van der Waals surface area contributed by atoms with E-state index in [1.807, 2.05) is 24.3 Å². The molecule has 2 rings (SSSR count). The fourth-order valence-corrected chi connectivity index (χ4v) is 1.49. The second kappa shape index (κ2) is 5.97. The van der Waals surface area contributed by atoms with Crippen LogP contribution < -0.4 is 10.1 Å². The number of rotatable bonds is 5. The SMILES string of the molecule is CNc1nccc(Oc2ccc(CCO)cc2)n1. The summed E-state index contributed by atoms with van der Waals surface area (Å²) in [4.78, 5) is 8.17. The summed E-state index contributed by atoms with van der Waals surface area (Å²) in [6.45, 7) is 0.150. The summed E-state index contributed by atoms with van der Waals surface area (Å²) in [5.41, 5.74) is 1.07. The van der Waals surface area contributed by atoms with Crippen LogP contribution in [-0.2, 0) is 6.42 Å². The maximum absolute atomic E-state index is 8.83. The van der Waals surface area contributed by atoms with Gasteiger partial charge in [-0.15, -0.1) is 0 Å². The number of nitrogens with one attached hydrogen (secondary N) is 1. The fraction of sp³-hybridized carbons (Fsp3) is 0.231. The normalized spacial score (nSPS) is 10.1. The summed E-state index contributed by atoms with van der Waals surface area (Å²) < 4.78 is 5.60. The highest BCUT2D eigenvalue weighted by Crippen LogP contribution is 2.20. The van der Waals surface area contributed by atoms with E-state index in [1.54, 1.807) is 19.3 Å². The van der Waals surface area contributed by atoms with Crippen molar-refractivity contribution in [3.05, 3.63) is 42.1 Å². The Kier molecular flexibility index (Phi) is 4.09. The number of hydrogen-bond donors (Lipinski definition) is 2. The highest BCUT2D eigenvalue weighted by molar-refractivity contribution is 5.32. The van der Waals surface area contributed by atoms with Crippen LogP contribution in [0.5, 0.6) is 11.6 Å². The Bertz CT molecular complexity index is 500. The monoisotopic (exact) mass is 245 g/mol. The van der Waals surface area contributed by atoms with E-state index in [-0.39, 0.29) is 6.61 Å². The minimum Gasteiger partial charge on any atom is -0.439 e. The van der Waals surface area contributed by atoms with Gasteiger partial charge in [0.25, 0.3) is 0 Å². The molecule has 2 N–H and O–H groups in total. The van der Waals surface area contributed by atoms with Crippen LogP contribution in [0.1, 0.15) is 5.56 Å². The number of ether oxygens (including phenoxy) is 1. The Labute approximate surface area is 105 Å². The zero-order chi connectivity index (χ0) is 12.8. The lowest BCUT2D eigenvalue weighted by molar-refractivity contribution is 0.299. The van der Waals surface area contributed by atoms with Crippen LogP contribution in [0.3, 0.4) is 0 Å². The molecule has 0 saturated carbocycles. The van der Waals surface area contributed by atoms with Gasteiger partial charge in [-0.25, -0.2) is 4.98 Å². The predicted molar refractivity (Wildman–Crippen MR) is 68.9 cm³/mol. The van der Waals surface area contributed by atoms with Crippen LogP contribution in [0.25, 0.3) is 0 Å². The van der Waals surface area contributed by atoms with Gasteiger partial charge in [-0.05, 0) is 24.1 Å². The molecule has 0 atom stereocenters. The molecule has 0 fully saturated rings. The first-order valence-electron chi connectivity index (χ1n) is 5.70. The topological polar surface area (TPSA) is 67.3 Å². The summed E-state index contributed by atoms with van der Waals surface area (Å²) in [5.74, 6) is 1.71. The van der Waals surface area contributed by atoms with E-state index in [1.165, 1.54) is 0 Å². The van der Waals surface area contributed by atoms with Gasteiger partial charge in [0.1, 0.15) is 5.75 Å². The van der Waals surface area contributed by atoms with E-state index in [0.717, 1.165) is 5.56 Å². The molecular weight excluding hydrogens is 230 g/mol. The van der Waals surface area contributed by atoms with Crippen molar-refractivity contribution < 1.29 is 9.84 Å². The number of anilines is 1. The number of nitrogens with zero attached hydrogens (tertiary/aromatic N) is 2. The van der Waals surface area contributed by atoms with E-state index in [0.29, 0.717) is 24.0 Å². The number of aliphatic hydroxyl groups excluding tert-OH is 1. The third-order valence-electron chi connectivity index (χ3n) is 2.40. The van der Waals surface area contributed by atoms with Crippen molar-refractivity contribution in [3.8, 4) is 11.6 Å². The van der Waals surface area contributed by atoms with Gasteiger partial charge in [0, 0.05) is 25.9 Å². The molecule has 0 radical (unpaired) electrons. The van der Waals surface area contributed by atoms with Crippen LogP contribution in [0, 0.1) is 0 Å². The van der Waals surface area contributed by atoms with Crippen LogP contribution >= 0.6 is 0 Å². The minimum atomic E-state index is 0.150. The summed E-state index contributed by atoms with van der Waals surface area (Å²) in [6, 6.07) is 9.25. The maximum atomic E-state index is 8.83. The molecule has 5 heteroatoms. The van der Waals surface area contributed by atoms with Crippen molar-refractivity contribution in [2.24, 2.45) is 0 Å². The number of aromatic nitrogens is 2. The third kappa shape index (κ3) is 3.18. The van der Waals surface area contributed by atoms with E-state index < -0.39 is 0 Å². The zero-order valence-electron chi connectivity index (χ0n) is 10.1. The number of benzene rings is 1. The molecule has 0 aliphatic rings. The summed E-state index contributed by atoms with van der Waals surface area (Å²) in [7, 11) is 1.75. The second-order valence-electron chi connectivity index (χ2n) is 3.69. The third-order valence-corrected chi connectivity index (χ3v) is 2.40. The lowest BCUT2D eigenvalue weighted by Gasteiger charge is -2.06. The molecule has 0 aliphatic heterocycles. The molecule has 1 aromatic carbocycles. The standard InChI is InChI=1S/C13H15N3O2/c1-14-13-15-8-6-12(16-13)18-11-4-2-10(3-5-11)7-9-17/h2-6,8,17H,7,9H2,1H3,(H,14,15,16).